The van der Waals surface area contributed by atoms with Crippen LogP contribution in [0.15, 0.2) is 79.0 Å². The second kappa shape index (κ2) is 9.76. The quantitative estimate of drug-likeness (QED) is 0.543. The first kappa shape index (κ1) is 22.8. The number of hydrogen-bond acceptors (Lipinski definition) is 4. The number of rotatable bonds is 4. The van der Waals surface area contributed by atoms with Crippen molar-refractivity contribution < 1.29 is 9.59 Å². The third-order valence-electron chi connectivity index (χ3n) is 8.19. The van der Waals surface area contributed by atoms with Gasteiger partial charge in [-0.3, -0.25) is 14.6 Å². The second-order valence-electron chi connectivity index (χ2n) is 10.2. The van der Waals surface area contributed by atoms with Crippen LogP contribution in [0, 0.1) is 11.8 Å². The number of benzene rings is 2. The van der Waals surface area contributed by atoms with Crippen LogP contribution in [0.2, 0.25) is 0 Å². The van der Waals surface area contributed by atoms with E-state index in [1.807, 2.05) is 54.7 Å². The molecule has 3 aliphatic rings. The van der Waals surface area contributed by atoms with Gasteiger partial charge < -0.3 is 15.5 Å². The molecule has 6 rings (SSSR count). The molecule has 1 saturated heterocycles. The van der Waals surface area contributed by atoms with E-state index in [1.165, 1.54) is 5.56 Å². The van der Waals surface area contributed by atoms with Gasteiger partial charge in [-0.2, -0.15) is 0 Å². The fraction of sp³-hybridized carbons (Fsp3) is 0.367. The second-order valence-corrected chi connectivity index (χ2v) is 10.2. The highest BCUT2D eigenvalue weighted by molar-refractivity contribution is 5.94. The van der Waals surface area contributed by atoms with Crippen molar-refractivity contribution in [3.8, 4) is 0 Å². The molecular formula is C30H32N4O2. The summed E-state index contributed by atoms with van der Waals surface area (Å²) in [5, 5.41) is 6.93. The zero-order valence-corrected chi connectivity index (χ0v) is 20.3. The summed E-state index contributed by atoms with van der Waals surface area (Å²) in [6.45, 7) is 0.726. The predicted molar refractivity (Wildman–Crippen MR) is 139 cm³/mol. The van der Waals surface area contributed by atoms with Gasteiger partial charge in [-0.1, -0.05) is 55.3 Å². The summed E-state index contributed by atoms with van der Waals surface area (Å²) >= 11 is 0. The number of amides is 2. The van der Waals surface area contributed by atoms with E-state index in [9.17, 15) is 9.59 Å². The molecule has 1 saturated carbocycles. The zero-order chi connectivity index (χ0) is 24.5. The van der Waals surface area contributed by atoms with Crippen molar-refractivity contribution >= 4 is 17.5 Å². The van der Waals surface area contributed by atoms with E-state index in [2.05, 4.69) is 44.8 Å². The van der Waals surface area contributed by atoms with Gasteiger partial charge in [-0.15, -0.1) is 0 Å². The number of para-hydroxylation sites is 1. The Balaban J connectivity index is 1.28. The van der Waals surface area contributed by atoms with Crippen molar-refractivity contribution in [3.05, 3.63) is 95.8 Å². The zero-order valence-electron chi connectivity index (χ0n) is 20.3. The summed E-state index contributed by atoms with van der Waals surface area (Å²) < 4.78 is 0. The van der Waals surface area contributed by atoms with Crippen LogP contribution in [-0.4, -0.2) is 34.3 Å². The minimum absolute atomic E-state index is 0.00866. The lowest BCUT2D eigenvalue weighted by atomic mass is 9.80. The number of anilines is 1. The highest BCUT2D eigenvalue weighted by atomic mass is 16.2. The monoisotopic (exact) mass is 480 g/mol. The average molecular weight is 481 g/mol. The van der Waals surface area contributed by atoms with E-state index < -0.39 is 0 Å². The van der Waals surface area contributed by atoms with Gasteiger partial charge in [-0.25, -0.2) is 0 Å². The maximum atomic E-state index is 14.2. The van der Waals surface area contributed by atoms with Gasteiger partial charge in [0.05, 0.1) is 23.7 Å². The Morgan fingerprint density at radius 1 is 0.889 bits per heavy atom. The van der Waals surface area contributed by atoms with Crippen LogP contribution in [0.1, 0.15) is 65.8 Å². The number of hydrogen-bond donors (Lipinski definition) is 2. The Morgan fingerprint density at radius 3 is 2.50 bits per heavy atom. The molecule has 3 aromatic rings. The van der Waals surface area contributed by atoms with Crippen molar-refractivity contribution in [2.24, 2.45) is 11.8 Å². The fourth-order valence-corrected chi connectivity index (χ4v) is 6.48. The molecule has 2 aliphatic heterocycles. The minimum Gasteiger partial charge on any atom is -0.376 e. The maximum absolute atomic E-state index is 14.2. The third kappa shape index (κ3) is 4.15. The van der Waals surface area contributed by atoms with Crippen molar-refractivity contribution in [3.63, 3.8) is 0 Å². The van der Waals surface area contributed by atoms with Crippen molar-refractivity contribution in [1.82, 2.24) is 15.2 Å². The number of carbonyl (C=O) groups excluding carboxylic acids is 2. The molecule has 6 heteroatoms. The number of nitrogens with one attached hydrogen (secondary N) is 2. The first-order valence-electron chi connectivity index (χ1n) is 13.1. The molecule has 0 spiro atoms. The van der Waals surface area contributed by atoms with Crippen LogP contribution in [0.3, 0.4) is 0 Å². The van der Waals surface area contributed by atoms with Gasteiger partial charge in [0, 0.05) is 36.0 Å². The molecule has 0 radical (unpaired) electrons. The van der Waals surface area contributed by atoms with Crippen LogP contribution in [-0.2, 0) is 4.79 Å². The molecule has 2 amide bonds. The first-order valence-corrected chi connectivity index (χ1v) is 13.1. The number of fused-ring (bicyclic) bond motifs is 3. The van der Waals surface area contributed by atoms with Crippen LogP contribution in [0.25, 0.3) is 0 Å². The fourth-order valence-electron chi connectivity index (χ4n) is 6.48. The van der Waals surface area contributed by atoms with E-state index in [0.717, 1.165) is 50.0 Å². The topological polar surface area (TPSA) is 74.3 Å². The Kier molecular flexibility index (Phi) is 6.18. The molecular weight excluding hydrogens is 448 g/mol. The Hall–Kier alpha value is -3.67. The summed E-state index contributed by atoms with van der Waals surface area (Å²) in [7, 11) is 0. The molecule has 1 aromatic heterocycles. The molecule has 2 aromatic carbocycles. The molecule has 6 nitrogen and oxygen atoms in total. The number of likely N-dealkylation sites (tertiary alicyclic amines) is 1. The van der Waals surface area contributed by atoms with Gasteiger partial charge >= 0.3 is 0 Å². The van der Waals surface area contributed by atoms with Crippen molar-refractivity contribution in [1.29, 1.82) is 0 Å². The van der Waals surface area contributed by atoms with E-state index in [-0.39, 0.29) is 41.8 Å². The molecule has 1 aliphatic carbocycles. The van der Waals surface area contributed by atoms with Crippen molar-refractivity contribution in [2.75, 3.05) is 11.9 Å². The van der Waals surface area contributed by atoms with E-state index in [4.69, 9.17) is 0 Å². The lowest BCUT2D eigenvalue weighted by molar-refractivity contribution is -0.138. The summed E-state index contributed by atoms with van der Waals surface area (Å²) in [4.78, 5) is 33.9. The average Bonchev–Trinajstić information content (AvgIpc) is 3.39. The molecule has 2 unspecified atom stereocenters. The minimum atomic E-state index is -0.194. The molecule has 3 heterocycles. The smallest absolute Gasteiger partial charge is 0.251 e. The number of aromatic nitrogens is 1. The SMILES string of the molecule is O=C(N[C@@H]1CCCC[C@@H]1C(=O)N1CCC2C(c3ccccn3)Nc3ccccc3[C@@H]21)c1ccccc1. The summed E-state index contributed by atoms with van der Waals surface area (Å²) in [5.74, 6) is 0.138. The van der Waals surface area contributed by atoms with Crippen LogP contribution in [0.4, 0.5) is 5.69 Å². The summed E-state index contributed by atoms with van der Waals surface area (Å²) in [6, 6.07) is 23.6. The summed E-state index contributed by atoms with van der Waals surface area (Å²) in [6.07, 6.45) is 6.47. The van der Waals surface area contributed by atoms with Gasteiger partial charge in [0.15, 0.2) is 0 Å². The highest BCUT2D eigenvalue weighted by Crippen LogP contribution is 2.51. The molecule has 2 N–H and O–H groups in total. The molecule has 184 valence electrons. The van der Waals surface area contributed by atoms with Crippen LogP contribution >= 0.6 is 0 Å². The Labute approximate surface area is 212 Å². The van der Waals surface area contributed by atoms with E-state index >= 15 is 0 Å². The number of nitrogens with zero attached hydrogens (tertiary/aromatic N) is 2. The lowest BCUT2D eigenvalue weighted by Crippen LogP contribution is -2.50. The predicted octanol–water partition coefficient (Wildman–Crippen LogP) is 5.13. The first-order chi connectivity index (χ1) is 17.7. The Morgan fingerprint density at radius 2 is 1.67 bits per heavy atom. The summed E-state index contributed by atoms with van der Waals surface area (Å²) in [5.41, 5.74) is 3.91. The van der Waals surface area contributed by atoms with Gasteiger partial charge in [-0.05, 0) is 55.2 Å². The lowest BCUT2D eigenvalue weighted by Gasteiger charge is -2.41. The normalized spacial score (nSPS) is 26.9. The number of carbonyl (C=O) groups is 2. The molecule has 2 fully saturated rings. The van der Waals surface area contributed by atoms with E-state index in [0.29, 0.717) is 5.56 Å². The van der Waals surface area contributed by atoms with Crippen LogP contribution < -0.4 is 10.6 Å². The number of pyridine rings is 1. The third-order valence-corrected chi connectivity index (χ3v) is 8.19. The van der Waals surface area contributed by atoms with Gasteiger partial charge in [0.25, 0.3) is 5.91 Å². The van der Waals surface area contributed by atoms with Gasteiger partial charge in [0.2, 0.25) is 5.91 Å². The largest absolute Gasteiger partial charge is 0.376 e. The standard InChI is InChI=1S/C30H32N4O2/c35-29(20-10-2-1-3-11-20)33-25-15-7-5-13-22(25)30(36)34-19-17-23-27(26-16-8-9-18-31-26)32-24-14-6-4-12-21(24)28(23)34/h1-4,6,8-12,14,16,18,22-23,25,27-28,32H,5,7,13,15,17,19H2,(H,33,35)/t22-,23?,25+,27?,28-/m0/s1. The van der Waals surface area contributed by atoms with Crippen molar-refractivity contribution in [2.45, 2.75) is 50.2 Å². The van der Waals surface area contributed by atoms with Gasteiger partial charge in [0.1, 0.15) is 0 Å². The molecule has 36 heavy (non-hydrogen) atoms. The van der Waals surface area contributed by atoms with Crippen LogP contribution in [0.5, 0.6) is 0 Å². The molecule has 0 bridgehead atoms. The molecule has 5 atom stereocenters. The van der Waals surface area contributed by atoms with E-state index in [1.54, 1.807) is 0 Å². The highest BCUT2D eigenvalue weighted by Gasteiger charge is 2.48. The maximum Gasteiger partial charge on any atom is 0.251 e. The Bertz CT molecular complexity index is 1230.